The molecule has 1 aliphatic rings. The Morgan fingerprint density at radius 3 is 2.81 bits per heavy atom. The highest BCUT2D eigenvalue weighted by atomic mass is 16.3. The predicted octanol–water partition coefficient (Wildman–Crippen LogP) is 4.32. The van der Waals surface area contributed by atoms with Gasteiger partial charge in [0.15, 0.2) is 0 Å². The highest BCUT2D eigenvalue weighted by molar-refractivity contribution is 5.82. The molecule has 3 aromatic rings. The summed E-state index contributed by atoms with van der Waals surface area (Å²) >= 11 is 0. The fourth-order valence-corrected chi connectivity index (χ4v) is 3.45. The summed E-state index contributed by atoms with van der Waals surface area (Å²) in [5, 5.41) is 0. The van der Waals surface area contributed by atoms with E-state index in [0.717, 1.165) is 23.4 Å². The molecule has 0 radical (unpaired) electrons. The number of carbonyl (C=O) groups is 1. The molecular weight excluding hydrogens is 324 g/mol. The van der Waals surface area contributed by atoms with E-state index in [-0.39, 0.29) is 17.7 Å². The number of pyridine rings is 1. The van der Waals surface area contributed by atoms with Gasteiger partial charge in [0, 0.05) is 24.6 Å². The Morgan fingerprint density at radius 2 is 2.08 bits per heavy atom. The van der Waals surface area contributed by atoms with E-state index in [1.165, 1.54) is 5.56 Å². The summed E-state index contributed by atoms with van der Waals surface area (Å²) in [6.07, 6.45) is 4.31. The third-order valence-corrected chi connectivity index (χ3v) is 4.86. The molecular formula is C22H22N2O2. The SMILES string of the molecule is Cc1cccc(CN(Cc2ccccn2)C(=O)[C@@H]2C[C@@H]2c2ccco2)c1. The first-order valence-corrected chi connectivity index (χ1v) is 8.98. The van der Waals surface area contributed by atoms with Crippen LogP contribution in [0.5, 0.6) is 0 Å². The van der Waals surface area contributed by atoms with Gasteiger partial charge in [0.05, 0.1) is 18.5 Å². The van der Waals surface area contributed by atoms with Crippen LogP contribution in [0.1, 0.15) is 34.9 Å². The molecule has 1 fully saturated rings. The van der Waals surface area contributed by atoms with Crippen LogP contribution in [0.15, 0.2) is 71.5 Å². The van der Waals surface area contributed by atoms with Gasteiger partial charge in [-0.3, -0.25) is 9.78 Å². The summed E-state index contributed by atoms with van der Waals surface area (Å²) in [5.74, 6) is 1.31. The van der Waals surface area contributed by atoms with Crippen LogP contribution in [-0.2, 0) is 17.9 Å². The van der Waals surface area contributed by atoms with Crippen LogP contribution in [0, 0.1) is 12.8 Å². The third kappa shape index (κ3) is 3.69. The van der Waals surface area contributed by atoms with Crippen molar-refractivity contribution in [3.8, 4) is 0 Å². The number of hydrogen-bond donors (Lipinski definition) is 0. The summed E-state index contributed by atoms with van der Waals surface area (Å²) in [7, 11) is 0. The molecule has 2 aromatic heterocycles. The second kappa shape index (κ2) is 7.16. The zero-order chi connectivity index (χ0) is 17.9. The zero-order valence-corrected chi connectivity index (χ0v) is 14.8. The largest absolute Gasteiger partial charge is 0.469 e. The molecule has 26 heavy (non-hydrogen) atoms. The number of carbonyl (C=O) groups excluding carboxylic acids is 1. The number of aryl methyl sites for hydroxylation is 1. The first kappa shape index (κ1) is 16.6. The smallest absolute Gasteiger partial charge is 0.227 e. The van der Waals surface area contributed by atoms with Crippen molar-refractivity contribution in [3.63, 3.8) is 0 Å². The van der Waals surface area contributed by atoms with Crippen molar-refractivity contribution in [2.24, 2.45) is 5.92 Å². The van der Waals surface area contributed by atoms with E-state index in [1.54, 1.807) is 12.5 Å². The molecule has 0 unspecified atom stereocenters. The van der Waals surface area contributed by atoms with E-state index < -0.39 is 0 Å². The average molecular weight is 346 g/mol. The lowest BCUT2D eigenvalue weighted by Gasteiger charge is -2.23. The quantitative estimate of drug-likeness (QED) is 0.668. The Labute approximate surface area is 153 Å². The van der Waals surface area contributed by atoms with Crippen LogP contribution in [0.3, 0.4) is 0 Å². The second-order valence-corrected chi connectivity index (χ2v) is 6.97. The molecule has 4 rings (SSSR count). The standard InChI is InChI=1S/C22H22N2O2/c1-16-6-4-7-17(12-16)14-24(15-18-8-2-3-10-23-18)22(25)20-13-19(20)21-9-5-11-26-21/h2-12,19-20H,13-15H2,1H3/t19-,20+/m0/s1. The average Bonchev–Trinajstić information content (AvgIpc) is 3.26. The maximum atomic E-state index is 13.2. The van der Waals surface area contributed by atoms with E-state index in [2.05, 4.69) is 30.1 Å². The summed E-state index contributed by atoms with van der Waals surface area (Å²) < 4.78 is 5.49. The number of furan rings is 1. The monoisotopic (exact) mass is 346 g/mol. The molecule has 2 heterocycles. The maximum absolute atomic E-state index is 13.2. The van der Waals surface area contributed by atoms with Gasteiger partial charge in [0.1, 0.15) is 5.76 Å². The first-order chi connectivity index (χ1) is 12.7. The van der Waals surface area contributed by atoms with Gasteiger partial charge >= 0.3 is 0 Å². The number of benzene rings is 1. The van der Waals surface area contributed by atoms with Gasteiger partial charge in [-0.1, -0.05) is 35.9 Å². The van der Waals surface area contributed by atoms with Gasteiger partial charge in [-0.25, -0.2) is 0 Å². The van der Waals surface area contributed by atoms with Gasteiger partial charge in [-0.15, -0.1) is 0 Å². The van der Waals surface area contributed by atoms with Crippen LogP contribution in [-0.4, -0.2) is 15.8 Å². The predicted molar refractivity (Wildman–Crippen MR) is 99.2 cm³/mol. The lowest BCUT2D eigenvalue weighted by Crippen LogP contribution is -2.32. The molecule has 2 atom stereocenters. The topological polar surface area (TPSA) is 46.3 Å². The first-order valence-electron chi connectivity index (χ1n) is 8.98. The lowest BCUT2D eigenvalue weighted by molar-refractivity contribution is -0.134. The Balaban J connectivity index is 1.53. The highest BCUT2D eigenvalue weighted by Crippen LogP contribution is 2.48. The van der Waals surface area contributed by atoms with Gasteiger partial charge in [-0.05, 0) is 43.2 Å². The van der Waals surface area contributed by atoms with Crippen molar-refractivity contribution in [3.05, 3.63) is 89.6 Å². The van der Waals surface area contributed by atoms with E-state index >= 15 is 0 Å². The molecule has 1 amide bonds. The molecule has 1 aliphatic carbocycles. The summed E-state index contributed by atoms with van der Waals surface area (Å²) in [5.41, 5.74) is 3.25. The molecule has 0 saturated heterocycles. The van der Waals surface area contributed by atoms with Crippen molar-refractivity contribution >= 4 is 5.91 Å². The Kier molecular flexibility index (Phi) is 4.57. The molecule has 1 aromatic carbocycles. The van der Waals surface area contributed by atoms with Crippen LogP contribution in [0.2, 0.25) is 0 Å². The lowest BCUT2D eigenvalue weighted by atomic mass is 10.1. The Hall–Kier alpha value is -2.88. The van der Waals surface area contributed by atoms with Crippen LogP contribution >= 0.6 is 0 Å². The number of rotatable bonds is 6. The van der Waals surface area contributed by atoms with E-state index in [1.807, 2.05) is 41.3 Å². The van der Waals surface area contributed by atoms with E-state index in [9.17, 15) is 4.79 Å². The molecule has 0 N–H and O–H groups in total. The molecule has 1 saturated carbocycles. The van der Waals surface area contributed by atoms with Crippen molar-refractivity contribution in [1.29, 1.82) is 0 Å². The summed E-state index contributed by atoms with van der Waals surface area (Å²) in [4.78, 5) is 19.5. The molecule has 132 valence electrons. The van der Waals surface area contributed by atoms with Crippen LogP contribution in [0.4, 0.5) is 0 Å². The van der Waals surface area contributed by atoms with Crippen LogP contribution < -0.4 is 0 Å². The van der Waals surface area contributed by atoms with Gasteiger partial charge in [-0.2, -0.15) is 0 Å². The normalized spacial score (nSPS) is 18.5. The fourth-order valence-electron chi connectivity index (χ4n) is 3.45. The molecule has 0 bridgehead atoms. The van der Waals surface area contributed by atoms with Crippen molar-refractivity contribution < 1.29 is 9.21 Å². The highest BCUT2D eigenvalue weighted by Gasteiger charge is 2.47. The van der Waals surface area contributed by atoms with Gasteiger partial charge in [0.25, 0.3) is 0 Å². The maximum Gasteiger partial charge on any atom is 0.227 e. The van der Waals surface area contributed by atoms with Crippen molar-refractivity contribution in [2.75, 3.05) is 0 Å². The Morgan fingerprint density at radius 1 is 1.15 bits per heavy atom. The van der Waals surface area contributed by atoms with Gasteiger partial charge < -0.3 is 9.32 Å². The van der Waals surface area contributed by atoms with Gasteiger partial charge in [0.2, 0.25) is 5.91 Å². The number of amides is 1. The zero-order valence-electron chi connectivity index (χ0n) is 14.8. The minimum atomic E-state index is 0.00896. The molecule has 4 nitrogen and oxygen atoms in total. The Bertz CT molecular complexity index is 874. The van der Waals surface area contributed by atoms with Crippen LogP contribution in [0.25, 0.3) is 0 Å². The second-order valence-electron chi connectivity index (χ2n) is 6.97. The van der Waals surface area contributed by atoms with Crippen molar-refractivity contribution in [2.45, 2.75) is 32.4 Å². The van der Waals surface area contributed by atoms with Crippen molar-refractivity contribution in [1.82, 2.24) is 9.88 Å². The molecule has 4 heteroatoms. The van der Waals surface area contributed by atoms with E-state index in [4.69, 9.17) is 4.42 Å². The molecule has 0 spiro atoms. The number of aromatic nitrogens is 1. The number of hydrogen-bond acceptors (Lipinski definition) is 3. The minimum Gasteiger partial charge on any atom is -0.469 e. The fraction of sp³-hybridized carbons (Fsp3) is 0.273. The third-order valence-electron chi connectivity index (χ3n) is 4.86. The summed E-state index contributed by atoms with van der Waals surface area (Å²) in [6.45, 7) is 3.19. The molecule has 0 aliphatic heterocycles. The van der Waals surface area contributed by atoms with E-state index in [0.29, 0.717) is 13.1 Å². The minimum absolute atomic E-state index is 0.00896. The number of nitrogens with zero attached hydrogens (tertiary/aromatic N) is 2. The summed E-state index contributed by atoms with van der Waals surface area (Å²) in [6, 6.07) is 18.0.